The lowest BCUT2D eigenvalue weighted by Crippen LogP contribution is -2.47. The SMILES string of the molecule is CC1(CN2CCOc3ccccc3C2)CCCN1. The molecule has 3 heteroatoms. The van der Waals surface area contributed by atoms with Crippen molar-refractivity contribution >= 4 is 0 Å². The van der Waals surface area contributed by atoms with Gasteiger partial charge in [0.25, 0.3) is 0 Å². The lowest BCUT2D eigenvalue weighted by atomic mass is 9.99. The van der Waals surface area contributed by atoms with Crippen molar-refractivity contribution in [2.75, 3.05) is 26.2 Å². The van der Waals surface area contributed by atoms with E-state index in [1.807, 2.05) is 6.07 Å². The first kappa shape index (κ1) is 12.0. The Hall–Kier alpha value is -1.06. The van der Waals surface area contributed by atoms with Gasteiger partial charge in [-0.25, -0.2) is 0 Å². The highest BCUT2D eigenvalue weighted by molar-refractivity contribution is 5.33. The van der Waals surface area contributed by atoms with Crippen molar-refractivity contribution < 1.29 is 4.74 Å². The van der Waals surface area contributed by atoms with E-state index in [-0.39, 0.29) is 0 Å². The fourth-order valence-corrected chi connectivity index (χ4v) is 3.10. The maximum Gasteiger partial charge on any atom is 0.123 e. The monoisotopic (exact) mass is 246 g/mol. The van der Waals surface area contributed by atoms with Gasteiger partial charge >= 0.3 is 0 Å². The summed E-state index contributed by atoms with van der Waals surface area (Å²) in [6, 6.07) is 8.40. The number of rotatable bonds is 2. The summed E-state index contributed by atoms with van der Waals surface area (Å²) in [5.74, 6) is 1.06. The lowest BCUT2D eigenvalue weighted by Gasteiger charge is -2.31. The maximum absolute atomic E-state index is 5.81. The third kappa shape index (κ3) is 2.52. The molecule has 2 aliphatic heterocycles. The van der Waals surface area contributed by atoms with Crippen LogP contribution in [0, 0.1) is 0 Å². The minimum Gasteiger partial charge on any atom is -0.492 e. The third-order valence-electron chi connectivity index (χ3n) is 4.06. The molecule has 1 atom stereocenters. The summed E-state index contributed by atoms with van der Waals surface area (Å²) in [6.07, 6.45) is 2.59. The summed E-state index contributed by atoms with van der Waals surface area (Å²) in [5, 5.41) is 3.64. The molecule has 0 aromatic heterocycles. The number of nitrogens with one attached hydrogen (secondary N) is 1. The van der Waals surface area contributed by atoms with Crippen molar-refractivity contribution in [3.8, 4) is 5.75 Å². The van der Waals surface area contributed by atoms with Gasteiger partial charge in [0, 0.05) is 30.7 Å². The van der Waals surface area contributed by atoms with E-state index in [2.05, 4.69) is 35.3 Å². The van der Waals surface area contributed by atoms with Gasteiger partial charge in [0.2, 0.25) is 0 Å². The predicted octanol–water partition coefficient (Wildman–Crippen LogP) is 2.02. The van der Waals surface area contributed by atoms with Crippen LogP contribution < -0.4 is 10.1 Å². The molecule has 3 rings (SSSR count). The Kier molecular flexibility index (Phi) is 3.27. The molecule has 0 spiro atoms. The summed E-state index contributed by atoms with van der Waals surface area (Å²) < 4.78 is 5.81. The van der Waals surface area contributed by atoms with Crippen LogP contribution in [0.1, 0.15) is 25.3 Å². The summed E-state index contributed by atoms with van der Waals surface area (Å²) >= 11 is 0. The Morgan fingerprint density at radius 3 is 3.11 bits per heavy atom. The fourth-order valence-electron chi connectivity index (χ4n) is 3.10. The molecule has 0 aliphatic carbocycles. The Bertz CT molecular complexity index is 413. The van der Waals surface area contributed by atoms with E-state index in [1.165, 1.54) is 18.4 Å². The van der Waals surface area contributed by atoms with Gasteiger partial charge in [-0.05, 0) is 32.4 Å². The van der Waals surface area contributed by atoms with E-state index in [0.29, 0.717) is 5.54 Å². The lowest BCUT2D eigenvalue weighted by molar-refractivity contribution is 0.179. The molecule has 1 N–H and O–H groups in total. The zero-order chi connectivity index (χ0) is 12.4. The number of para-hydroxylation sites is 1. The van der Waals surface area contributed by atoms with Gasteiger partial charge in [-0.3, -0.25) is 4.90 Å². The van der Waals surface area contributed by atoms with Crippen molar-refractivity contribution in [2.45, 2.75) is 31.8 Å². The van der Waals surface area contributed by atoms with E-state index in [0.717, 1.165) is 38.5 Å². The molecule has 3 nitrogen and oxygen atoms in total. The van der Waals surface area contributed by atoms with Gasteiger partial charge in [0.15, 0.2) is 0 Å². The van der Waals surface area contributed by atoms with Gasteiger partial charge in [-0.15, -0.1) is 0 Å². The molecule has 0 amide bonds. The molecule has 0 bridgehead atoms. The standard InChI is InChI=1S/C15H22N2O/c1-15(7-4-8-16-15)12-17-9-10-18-14-6-3-2-5-13(14)11-17/h2-3,5-6,16H,4,7-12H2,1H3. The highest BCUT2D eigenvalue weighted by atomic mass is 16.5. The zero-order valence-corrected chi connectivity index (χ0v) is 11.1. The van der Waals surface area contributed by atoms with E-state index >= 15 is 0 Å². The Morgan fingerprint density at radius 1 is 1.39 bits per heavy atom. The molecule has 1 saturated heterocycles. The number of hydrogen-bond donors (Lipinski definition) is 1. The average molecular weight is 246 g/mol. The second kappa shape index (κ2) is 4.90. The average Bonchev–Trinajstić information content (AvgIpc) is 2.68. The first-order valence-electron chi connectivity index (χ1n) is 6.93. The summed E-state index contributed by atoms with van der Waals surface area (Å²) in [5.41, 5.74) is 1.61. The van der Waals surface area contributed by atoms with Gasteiger partial charge < -0.3 is 10.1 Å². The summed E-state index contributed by atoms with van der Waals surface area (Å²) in [6.45, 7) is 7.45. The molecule has 2 heterocycles. The Balaban J connectivity index is 1.71. The van der Waals surface area contributed by atoms with Gasteiger partial charge in [-0.1, -0.05) is 18.2 Å². The molecule has 1 aromatic carbocycles. The van der Waals surface area contributed by atoms with Crippen LogP contribution in [0.4, 0.5) is 0 Å². The topological polar surface area (TPSA) is 24.5 Å². The summed E-state index contributed by atoms with van der Waals surface area (Å²) in [7, 11) is 0. The molecule has 1 fully saturated rings. The van der Waals surface area contributed by atoms with Gasteiger partial charge in [-0.2, -0.15) is 0 Å². The number of benzene rings is 1. The fraction of sp³-hybridized carbons (Fsp3) is 0.600. The van der Waals surface area contributed by atoms with Crippen LogP contribution in [0.25, 0.3) is 0 Å². The van der Waals surface area contributed by atoms with Gasteiger partial charge in [0.05, 0.1) is 0 Å². The third-order valence-corrected chi connectivity index (χ3v) is 4.06. The second-order valence-corrected chi connectivity index (χ2v) is 5.76. The predicted molar refractivity (Wildman–Crippen MR) is 72.9 cm³/mol. The number of fused-ring (bicyclic) bond motifs is 1. The normalized spacial score (nSPS) is 28.5. The van der Waals surface area contributed by atoms with Crippen molar-refractivity contribution in [1.82, 2.24) is 10.2 Å². The van der Waals surface area contributed by atoms with E-state index in [9.17, 15) is 0 Å². The molecule has 98 valence electrons. The van der Waals surface area contributed by atoms with Crippen LogP contribution in [-0.2, 0) is 6.54 Å². The van der Waals surface area contributed by atoms with E-state index in [1.54, 1.807) is 0 Å². The van der Waals surface area contributed by atoms with E-state index in [4.69, 9.17) is 4.74 Å². The molecule has 2 aliphatic rings. The zero-order valence-electron chi connectivity index (χ0n) is 11.1. The highest BCUT2D eigenvalue weighted by Crippen LogP contribution is 2.25. The van der Waals surface area contributed by atoms with Crippen molar-refractivity contribution in [3.63, 3.8) is 0 Å². The van der Waals surface area contributed by atoms with Crippen molar-refractivity contribution in [2.24, 2.45) is 0 Å². The van der Waals surface area contributed by atoms with Crippen molar-refractivity contribution in [3.05, 3.63) is 29.8 Å². The Morgan fingerprint density at radius 2 is 2.28 bits per heavy atom. The molecule has 1 aromatic rings. The van der Waals surface area contributed by atoms with E-state index < -0.39 is 0 Å². The first-order valence-corrected chi connectivity index (χ1v) is 6.93. The number of ether oxygens (including phenoxy) is 1. The molecular formula is C15H22N2O. The summed E-state index contributed by atoms with van der Waals surface area (Å²) in [4.78, 5) is 2.52. The number of hydrogen-bond acceptors (Lipinski definition) is 3. The largest absolute Gasteiger partial charge is 0.492 e. The molecule has 0 radical (unpaired) electrons. The van der Waals surface area contributed by atoms with Crippen LogP contribution >= 0.6 is 0 Å². The van der Waals surface area contributed by atoms with Crippen LogP contribution in [-0.4, -0.2) is 36.7 Å². The minimum absolute atomic E-state index is 0.291. The number of nitrogens with zero attached hydrogens (tertiary/aromatic N) is 1. The second-order valence-electron chi connectivity index (χ2n) is 5.76. The smallest absolute Gasteiger partial charge is 0.123 e. The minimum atomic E-state index is 0.291. The molecule has 1 unspecified atom stereocenters. The van der Waals surface area contributed by atoms with Crippen molar-refractivity contribution in [1.29, 1.82) is 0 Å². The first-order chi connectivity index (χ1) is 8.75. The highest BCUT2D eigenvalue weighted by Gasteiger charge is 2.30. The van der Waals surface area contributed by atoms with Crippen LogP contribution in [0.3, 0.4) is 0 Å². The maximum atomic E-state index is 5.81. The molecule has 0 saturated carbocycles. The molecular weight excluding hydrogens is 224 g/mol. The Labute approximate surface area is 109 Å². The molecule has 18 heavy (non-hydrogen) atoms. The quantitative estimate of drug-likeness (QED) is 0.864. The van der Waals surface area contributed by atoms with Crippen LogP contribution in [0.2, 0.25) is 0 Å². The van der Waals surface area contributed by atoms with Crippen LogP contribution in [0.15, 0.2) is 24.3 Å². The van der Waals surface area contributed by atoms with Crippen LogP contribution in [0.5, 0.6) is 5.75 Å². The van der Waals surface area contributed by atoms with Gasteiger partial charge in [0.1, 0.15) is 12.4 Å².